The zero-order valence-corrected chi connectivity index (χ0v) is 21.2. The van der Waals surface area contributed by atoms with Crippen LogP contribution in [0, 0.1) is 18.6 Å². The molecular weight excluding hydrogens is 474 g/mol. The Morgan fingerprint density at radius 3 is 2.62 bits per heavy atom. The van der Waals surface area contributed by atoms with Crippen LogP contribution in [0.15, 0.2) is 54.7 Å². The van der Waals surface area contributed by atoms with Gasteiger partial charge in [-0.15, -0.1) is 0 Å². The summed E-state index contributed by atoms with van der Waals surface area (Å²) in [7, 11) is 1.96. The van der Waals surface area contributed by atoms with E-state index in [1.54, 1.807) is 6.20 Å². The van der Waals surface area contributed by atoms with Gasteiger partial charge in [-0.2, -0.15) is 0 Å². The minimum absolute atomic E-state index is 0.0122. The Morgan fingerprint density at radius 2 is 1.89 bits per heavy atom. The number of hydrogen-bond acceptors (Lipinski definition) is 5. The lowest BCUT2D eigenvalue weighted by Gasteiger charge is -2.35. The van der Waals surface area contributed by atoms with E-state index < -0.39 is 11.6 Å². The molecule has 1 N–H and O–H groups in total. The molecule has 0 aliphatic carbocycles. The van der Waals surface area contributed by atoms with Crippen LogP contribution in [-0.2, 0) is 0 Å². The van der Waals surface area contributed by atoms with Crippen LogP contribution in [0.2, 0.25) is 0 Å². The molecule has 1 unspecified atom stereocenters. The number of carbonyl (C=O) groups excluding carboxylic acids is 1. The highest BCUT2D eigenvalue weighted by atomic mass is 19.1. The second-order valence-electron chi connectivity index (χ2n) is 9.66. The number of imidazole rings is 1. The van der Waals surface area contributed by atoms with Crippen molar-refractivity contribution in [2.45, 2.75) is 19.8 Å². The number of benzene rings is 2. The number of anilines is 2. The molecule has 192 valence electrons. The van der Waals surface area contributed by atoms with Crippen molar-refractivity contribution < 1.29 is 13.6 Å². The zero-order valence-electron chi connectivity index (χ0n) is 21.2. The van der Waals surface area contributed by atoms with E-state index in [4.69, 9.17) is 0 Å². The van der Waals surface area contributed by atoms with E-state index in [2.05, 4.69) is 24.8 Å². The Balaban J connectivity index is 1.27. The van der Waals surface area contributed by atoms with E-state index in [1.807, 2.05) is 62.2 Å². The van der Waals surface area contributed by atoms with E-state index in [9.17, 15) is 13.6 Å². The Bertz CT molecular complexity index is 1420. The summed E-state index contributed by atoms with van der Waals surface area (Å²) >= 11 is 0. The minimum Gasteiger partial charge on any atom is -0.374 e. The largest absolute Gasteiger partial charge is 0.374 e. The number of H-pyrrole nitrogens is 1. The summed E-state index contributed by atoms with van der Waals surface area (Å²) in [5, 5.41) is 0. The van der Waals surface area contributed by atoms with Crippen LogP contribution in [-0.4, -0.2) is 65.5 Å². The van der Waals surface area contributed by atoms with Crippen molar-refractivity contribution in [3.05, 3.63) is 83.3 Å². The summed E-state index contributed by atoms with van der Waals surface area (Å²) in [6.45, 7) is 7.31. The van der Waals surface area contributed by atoms with Crippen LogP contribution in [0.4, 0.5) is 20.3 Å². The van der Waals surface area contributed by atoms with Gasteiger partial charge in [0.1, 0.15) is 23.0 Å². The fourth-order valence-electron chi connectivity index (χ4n) is 4.91. The number of hydrogen-bond donors (Lipinski definition) is 1. The SMILES string of the molecule is Cc1ccc(C(=O)N2CCN(c3ccccn3)CC2)cc1N(C)CC(C)c1nc2c(F)cc(F)cc2[nH]1. The van der Waals surface area contributed by atoms with Gasteiger partial charge >= 0.3 is 0 Å². The Labute approximate surface area is 214 Å². The summed E-state index contributed by atoms with van der Waals surface area (Å²) < 4.78 is 27.7. The number of piperazine rings is 1. The fourth-order valence-corrected chi connectivity index (χ4v) is 4.91. The molecule has 2 aromatic heterocycles. The van der Waals surface area contributed by atoms with Crippen LogP contribution in [0.1, 0.15) is 34.6 Å². The van der Waals surface area contributed by atoms with Crippen LogP contribution >= 0.6 is 0 Å². The molecule has 1 aliphatic rings. The van der Waals surface area contributed by atoms with Crippen molar-refractivity contribution in [2.75, 3.05) is 49.6 Å². The maximum absolute atomic E-state index is 14.1. The highest BCUT2D eigenvalue weighted by Gasteiger charge is 2.24. The van der Waals surface area contributed by atoms with Gasteiger partial charge in [0.15, 0.2) is 5.82 Å². The van der Waals surface area contributed by atoms with Crippen molar-refractivity contribution in [3.63, 3.8) is 0 Å². The number of nitrogens with zero attached hydrogens (tertiary/aromatic N) is 5. The molecule has 0 saturated carbocycles. The third-order valence-electron chi connectivity index (χ3n) is 6.95. The maximum Gasteiger partial charge on any atom is 0.254 e. The van der Waals surface area contributed by atoms with Gasteiger partial charge in [0.05, 0.1) is 5.52 Å². The molecule has 0 spiro atoms. The number of likely N-dealkylation sites (N-methyl/N-ethyl adjacent to an activating group) is 1. The molecule has 2 aromatic carbocycles. The first-order chi connectivity index (χ1) is 17.8. The minimum atomic E-state index is -0.680. The number of amides is 1. The standard InChI is InChI=1S/C28H30F2N6O/c1-18-7-8-20(28(37)36-12-10-35(11-13-36)25-6-4-5-9-31-25)14-24(18)34(3)17-19(2)27-32-23-16-21(29)15-22(30)26(23)33-27/h4-9,14-16,19H,10-13,17H2,1-3H3,(H,32,33). The zero-order chi connectivity index (χ0) is 26.1. The molecule has 1 aliphatic heterocycles. The van der Waals surface area contributed by atoms with Crippen LogP contribution in [0.5, 0.6) is 0 Å². The number of nitrogens with one attached hydrogen (secondary N) is 1. The van der Waals surface area contributed by atoms with Crippen molar-refractivity contribution >= 4 is 28.4 Å². The molecule has 1 atom stereocenters. The normalized spacial score (nSPS) is 14.7. The molecular formula is C28H30F2N6O. The summed E-state index contributed by atoms with van der Waals surface area (Å²) in [6.07, 6.45) is 1.78. The van der Waals surface area contributed by atoms with E-state index in [0.29, 0.717) is 36.5 Å². The predicted octanol–water partition coefficient (Wildman–Crippen LogP) is 4.75. The molecule has 37 heavy (non-hydrogen) atoms. The third kappa shape index (κ3) is 5.12. The van der Waals surface area contributed by atoms with Crippen LogP contribution in [0.25, 0.3) is 11.0 Å². The number of rotatable bonds is 6. The lowest BCUT2D eigenvalue weighted by Crippen LogP contribution is -2.49. The predicted molar refractivity (Wildman–Crippen MR) is 141 cm³/mol. The average Bonchev–Trinajstić information content (AvgIpc) is 3.34. The number of carbonyl (C=O) groups is 1. The number of aryl methyl sites for hydroxylation is 1. The Kier molecular flexibility index (Phi) is 6.78. The summed E-state index contributed by atoms with van der Waals surface area (Å²) in [5.41, 5.74) is 3.11. The summed E-state index contributed by atoms with van der Waals surface area (Å²) in [4.78, 5) is 31.3. The molecule has 1 saturated heterocycles. The lowest BCUT2D eigenvalue weighted by molar-refractivity contribution is 0.0746. The Morgan fingerprint density at radius 1 is 1.11 bits per heavy atom. The van der Waals surface area contributed by atoms with Crippen molar-refractivity contribution in [1.82, 2.24) is 19.9 Å². The molecule has 4 aromatic rings. The van der Waals surface area contributed by atoms with Gasteiger partial charge in [0.25, 0.3) is 5.91 Å². The average molecular weight is 505 g/mol. The van der Waals surface area contributed by atoms with E-state index in [1.165, 1.54) is 6.07 Å². The second-order valence-corrected chi connectivity index (χ2v) is 9.66. The van der Waals surface area contributed by atoms with E-state index in [-0.39, 0.29) is 17.3 Å². The number of aromatic nitrogens is 3. The molecule has 3 heterocycles. The lowest BCUT2D eigenvalue weighted by atomic mass is 10.1. The Hall–Kier alpha value is -4.01. The van der Waals surface area contributed by atoms with Gasteiger partial charge in [-0.1, -0.05) is 19.1 Å². The smallest absolute Gasteiger partial charge is 0.254 e. The van der Waals surface area contributed by atoms with Gasteiger partial charge < -0.3 is 19.7 Å². The molecule has 1 amide bonds. The highest BCUT2D eigenvalue weighted by Crippen LogP contribution is 2.26. The van der Waals surface area contributed by atoms with Crippen molar-refractivity contribution in [3.8, 4) is 0 Å². The third-order valence-corrected chi connectivity index (χ3v) is 6.95. The molecule has 5 rings (SSSR count). The molecule has 7 nitrogen and oxygen atoms in total. The summed E-state index contributed by atoms with van der Waals surface area (Å²) in [6, 6.07) is 13.7. The van der Waals surface area contributed by atoms with Gasteiger partial charge in [-0.25, -0.2) is 18.7 Å². The number of pyridine rings is 1. The van der Waals surface area contributed by atoms with E-state index >= 15 is 0 Å². The highest BCUT2D eigenvalue weighted by molar-refractivity contribution is 5.95. The summed E-state index contributed by atoms with van der Waals surface area (Å²) in [5.74, 6) is 0.125. The topological polar surface area (TPSA) is 68.4 Å². The van der Waals surface area contributed by atoms with Gasteiger partial charge in [0.2, 0.25) is 0 Å². The first-order valence-electron chi connectivity index (χ1n) is 12.4. The maximum atomic E-state index is 14.1. The monoisotopic (exact) mass is 504 g/mol. The quantitative estimate of drug-likeness (QED) is 0.411. The second kappa shape index (κ2) is 10.2. The first kappa shape index (κ1) is 24.7. The fraction of sp³-hybridized carbons (Fsp3) is 0.321. The molecule has 0 radical (unpaired) electrons. The molecule has 1 fully saturated rings. The van der Waals surface area contributed by atoms with Crippen molar-refractivity contribution in [1.29, 1.82) is 0 Å². The number of halogens is 2. The molecule has 9 heteroatoms. The number of fused-ring (bicyclic) bond motifs is 1. The van der Waals surface area contributed by atoms with Gasteiger partial charge in [-0.3, -0.25) is 4.79 Å². The number of aromatic amines is 1. The molecule has 0 bridgehead atoms. The van der Waals surface area contributed by atoms with Gasteiger partial charge in [0, 0.05) is 69.2 Å². The van der Waals surface area contributed by atoms with Crippen LogP contribution < -0.4 is 9.80 Å². The van der Waals surface area contributed by atoms with Crippen molar-refractivity contribution in [2.24, 2.45) is 0 Å². The van der Waals surface area contributed by atoms with Crippen LogP contribution in [0.3, 0.4) is 0 Å². The van der Waals surface area contributed by atoms with Gasteiger partial charge in [-0.05, 0) is 42.8 Å². The first-order valence-corrected chi connectivity index (χ1v) is 12.4. The van der Waals surface area contributed by atoms with E-state index in [0.717, 1.165) is 36.2 Å².